The highest BCUT2D eigenvalue weighted by molar-refractivity contribution is 7.15. The van der Waals surface area contributed by atoms with Crippen LogP contribution in [0.2, 0.25) is 0 Å². The van der Waals surface area contributed by atoms with Gasteiger partial charge in [-0.1, -0.05) is 22.9 Å². The van der Waals surface area contributed by atoms with Crippen LogP contribution in [0.4, 0.5) is 0 Å². The summed E-state index contributed by atoms with van der Waals surface area (Å²) in [6.45, 7) is 4.66. The molecular formula is C19H19N3O2S. The Morgan fingerprint density at radius 2 is 2.12 bits per heavy atom. The van der Waals surface area contributed by atoms with Gasteiger partial charge in [0.1, 0.15) is 0 Å². The fourth-order valence-electron chi connectivity index (χ4n) is 2.74. The lowest BCUT2D eigenvalue weighted by molar-refractivity contribution is -0.122. The van der Waals surface area contributed by atoms with Gasteiger partial charge in [0.05, 0.1) is 11.4 Å². The van der Waals surface area contributed by atoms with Crippen molar-refractivity contribution in [2.24, 2.45) is 5.92 Å². The Kier molecular flexibility index (Phi) is 4.13. The van der Waals surface area contributed by atoms with E-state index in [2.05, 4.69) is 28.4 Å². The van der Waals surface area contributed by atoms with Crippen LogP contribution in [0, 0.1) is 19.8 Å². The number of hydrogen-bond acceptors (Lipinski definition) is 5. The first-order valence-corrected chi connectivity index (χ1v) is 9.20. The maximum absolute atomic E-state index is 11.7. The summed E-state index contributed by atoms with van der Waals surface area (Å²) in [7, 11) is 0. The normalized spacial score (nSPS) is 13.8. The summed E-state index contributed by atoms with van der Waals surface area (Å²) in [5.41, 5.74) is 3.28. The molecule has 4 rings (SSSR count). The number of carbonyl (C=O) groups excluding carboxylic acids is 1. The van der Waals surface area contributed by atoms with Crippen LogP contribution < -0.4 is 5.32 Å². The third-order valence-corrected chi connectivity index (χ3v) is 5.39. The molecule has 2 heterocycles. The summed E-state index contributed by atoms with van der Waals surface area (Å²) in [5, 5.41) is 7.09. The van der Waals surface area contributed by atoms with E-state index in [1.54, 1.807) is 11.3 Å². The Morgan fingerprint density at radius 1 is 1.28 bits per heavy atom. The van der Waals surface area contributed by atoms with E-state index in [1.807, 2.05) is 31.2 Å². The number of amides is 1. The zero-order valence-electron chi connectivity index (χ0n) is 14.2. The Balaban J connectivity index is 1.49. The number of aryl methyl sites for hydroxylation is 2. The quantitative estimate of drug-likeness (QED) is 0.749. The van der Waals surface area contributed by atoms with E-state index >= 15 is 0 Å². The first kappa shape index (κ1) is 16.0. The second kappa shape index (κ2) is 6.44. The number of aromatic nitrogens is 2. The number of carbonyl (C=O) groups is 1. The Labute approximate surface area is 150 Å². The van der Waals surface area contributed by atoms with Gasteiger partial charge in [0.2, 0.25) is 11.7 Å². The fraction of sp³-hybridized carbons (Fsp3) is 0.316. The summed E-state index contributed by atoms with van der Waals surface area (Å²) in [6.07, 6.45) is 2.04. The van der Waals surface area contributed by atoms with Crippen molar-refractivity contribution < 1.29 is 9.32 Å². The third kappa shape index (κ3) is 3.49. The van der Waals surface area contributed by atoms with Crippen LogP contribution in [-0.4, -0.2) is 16.0 Å². The van der Waals surface area contributed by atoms with Crippen molar-refractivity contribution >= 4 is 17.2 Å². The van der Waals surface area contributed by atoms with E-state index in [4.69, 9.17) is 4.52 Å². The van der Waals surface area contributed by atoms with E-state index in [0.717, 1.165) is 33.7 Å². The number of nitrogens with one attached hydrogen (secondary N) is 1. The van der Waals surface area contributed by atoms with Crippen LogP contribution in [0.1, 0.15) is 28.8 Å². The Morgan fingerprint density at radius 3 is 2.88 bits per heavy atom. The van der Waals surface area contributed by atoms with Crippen LogP contribution in [0.25, 0.3) is 22.2 Å². The molecule has 1 amide bonds. The van der Waals surface area contributed by atoms with Gasteiger partial charge in [0.25, 0.3) is 5.89 Å². The van der Waals surface area contributed by atoms with Gasteiger partial charge in [0.15, 0.2) is 0 Å². The fourth-order valence-corrected chi connectivity index (χ4v) is 3.62. The molecule has 1 aromatic carbocycles. The molecule has 0 aliphatic heterocycles. The summed E-state index contributed by atoms with van der Waals surface area (Å²) in [6, 6.07) is 10.1. The van der Waals surface area contributed by atoms with Crippen molar-refractivity contribution in [1.29, 1.82) is 0 Å². The minimum atomic E-state index is 0.159. The maximum Gasteiger partial charge on any atom is 0.258 e. The molecule has 0 spiro atoms. The summed E-state index contributed by atoms with van der Waals surface area (Å²) >= 11 is 1.58. The van der Waals surface area contributed by atoms with Gasteiger partial charge in [0, 0.05) is 16.4 Å². The average Bonchev–Trinajstić information content (AvgIpc) is 3.14. The molecule has 6 heteroatoms. The summed E-state index contributed by atoms with van der Waals surface area (Å²) in [5.74, 6) is 1.51. The molecule has 2 aromatic heterocycles. The second-order valence-corrected chi connectivity index (χ2v) is 7.67. The molecule has 0 radical (unpaired) electrons. The van der Waals surface area contributed by atoms with Gasteiger partial charge in [-0.2, -0.15) is 4.98 Å². The largest absolute Gasteiger partial charge is 0.351 e. The summed E-state index contributed by atoms with van der Waals surface area (Å²) in [4.78, 5) is 18.3. The molecule has 3 aromatic rings. The average molecular weight is 353 g/mol. The van der Waals surface area contributed by atoms with Crippen LogP contribution in [-0.2, 0) is 11.3 Å². The lowest BCUT2D eigenvalue weighted by Gasteiger charge is -2.01. The van der Waals surface area contributed by atoms with Crippen molar-refractivity contribution in [3.63, 3.8) is 0 Å². The molecule has 0 atom stereocenters. The smallest absolute Gasteiger partial charge is 0.258 e. The van der Waals surface area contributed by atoms with Crippen LogP contribution in [0.15, 0.2) is 34.9 Å². The molecule has 128 valence electrons. The molecule has 0 bridgehead atoms. The topological polar surface area (TPSA) is 68.0 Å². The zero-order valence-corrected chi connectivity index (χ0v) is 15.0. The van der Waals surface area contributed by atoms with Crippen molar-refractivity contribution in [3.05, 3.63) is 46.3 Å². The molecule has 1 fully saturated rings. The molecule has 0 saturated heterocycles. The number of benzene rings is 1. The van der Waals surface area contributed by atoms with Crippen molar-refractivity contribution in [2.45, 2.75) is 33.2 Å². The highest BCUT2D eigenvalue weighted by atomic mass is 32.1. The van der Waals surface area contributed by atoms with Crippen molar-refractivity contribution in [2.75, 3.05) is 0 Å². The van der Waals surface area contributed by atoms with Crippen LogP contribution >= 0.6 is 11.3 Å². The molecule has 1 saturated carbocycles. The van der Waals surface area contributed by atoms with Gasteiger partial charge in [-0.25, -0.2) is 0 Å². The lowest BCUT2D eigenvalue weighted by atomic mass is 10.1. The van der Waals surface area contributed by atoms with Crippen molar-refractivity contribution in [3.8, 4) is 22.2 Å². The Bertz CT molecular complexity index is 924. The van der Waals surface area contributed by atoms with E-state index in [9.17, 15) is 4.79 Å². The van der Waals surface area contributed by atoms with Gasteiger partial charge in [-0.15, -0.1) is 11.3 Å². The first-order chi connectivity index (χ1) is 12.1. The SMILES string of the molecule is Cc1ccc(-c2nc(-c3ccc(CNC(=O)C4CC4)s3)no2)c(C)c1. The zero-order chi connectivity index (χ0) is 17.4. The minimum Gasteiger partial charge on any atom is -0.351 e. The van der Waals surface area contributed by atoms with E-state index < -0.39 is 0 Å². The predicted octanol–water partition coefficient (Wildman–Crippen LogP) is 4.11. The second-order valence-electron chi connectivity index (χ2n) is 6.50. The van der Waals surface area contributed by atoms with Gasteiger partial charge in [-0.3, -0.25) is 4.79 Å². The standard InChI is InChI=1S/C19H19N3O2S/c1-11-3-7-15(12(2)9-11)19-21-17(22-24-19)16-8-6-14(25-16)10-20-18(23)13-4-5-13/h3,6-9,13H,4-5,10H2,1-2H3,(H,20,23). The molecule has 5 nitrogen and oxygen atoms in total. The third-order valence-electron chi connectivity index (χ3n) is 4.31. The van der Waals surface area contributed by atoms with Crippen LogP contribution in [0.3, 0.4) is 0 Å². The number of hydrogen-bond donors (Lipinski definition) is 1. The first-order valence-electron chi connectivity index (χ1n) is 8.38. The van der Waals surface area contributed by atoms with E-state index in [-0.39, 0.29) is 11.8 Å². The Hall–Kier alpha value is -2.47. The monoisotopic (exact) mass is 353 g/mol. The lowest BCUT2D eigenvalue weighted by Crippen LogP contribution is -2.23. The van der Waals surface area contributed by atoms with Crippen molar-refractivity contribution in [1.82, 2.24) is 15.5 Å². The number of rotatable bonds is 5. The van der Waals surface area contributed by atoms with Gasteiger partial charge < -0.3 is 9.84 Å². The van der Waals surface area contributed by atoms with Gasteiger partial charge in [-0.05, 0) is 50.5 Å². The molecule has 0 unspecified atom stereocenters. The predicted molar refractivity (Wildman–Crippen MR) is 97.1 cm³/mol. The number of thiophene rings is 1. The van der Waals surface area contributed by atoms with Gasteiger partial charge >= 0.3 is 0 Å². The minimum absolute atomic E-state index is 0.159. The molecule has 1 aliphatic carbocycles. The maximum atomic E-state index is 11.7. The van der Waals surface area contributed by atoms with E-state index in [0.29, 0.717) is 18.3 Å². The molecule has 1 aliphatic rings. The van der Waals surface area contributed by atoms with E-state index in [1.165, 1.54) is 5.56 Å². The highest BCUT2D eigenvalue weighted by Gasteiger charge is 2.29. The molecule has 25 heavy (non-hydrogen) atoms. The molecule has 1 N–H and O–H groups in total. The summed E-state index contributed by atoms with van der Waals surface area (Å²) < 4.78 is 5.45. The van der Waals surface area contributed by atoms with Crippen LogP contribution in [0.5, 0.6) is 0 Å². The highest BCUT2D eigenvalue weighted by Crippen LogP contribution is 2.31. The molecular weight excluding hydrogens is 334 g/mol. The number of nitrogens with zero attached hydrogens (tertiary/aromatic N) is 2.